The normalized spacial score (nSPS) is 14.4. The van der Waals surface area contributed by atoms with Gasteiger partial charge in [-0.15, -0.1) is 0 Å². The van der Waals surface area contributed by atoms with Crippen LogP contribution < -0.4 is 5.01 Å². The Kier molecular flexibility index (Phi) is 6.31. The fourth-order valence-corrected chi connectivity index (χ4v) is 2.71. The van der Waals surface area contributed by atoms with E-state index in [1.54, 1.807) is 30.3 Å². The number of anilines is 1. The van der Waals surface area contributed by atoms with Crippen LogP contribution in [-0.4, -0.2) is 24.7 Å². The predicted molar refractivity (Wildman–Crippen MR) is 101 cm³/mol. The summed E-state index contributed by atoms with van der Waals surface area (Å²) in [5.74, 6) is -1.43. The Bertz CT molecular complexity index is 894. The molecule has 2 aromatic rings. The minimum atomic E-state index is -4.56. The fraction of sp³-hybridized carbons (Fsp3) is 0.286. The maximum atomic E-state index is 13.1. The van der Waals surface area contributed by atoms with Gasteiger partial charge in [-0.2, -0.15) is 23.3 Å². The van der Waals surface area contributed by atoms with Crippen molar-refractivity contribution in [3.05, 3.63) is 65.7 Å². The number of alkyl halides is 3. The van der Waals surface area contributed by atoms with Gasteiger partial charge in [-0.3, -0.25) is 9.59 Å². The van der Waals surface area contributed by atoms with E-state index in [-0.39, 0.29) is 11.6 Å². The molecule has 0 N–H and O–H groups in total. The van der Waals surface area contributed by atoms with Crippen LogP contribution in [0, 0.1) is 5.92 Å². The summed E-state index contributed by atoms with van der Waals surface area (Å²) < 4.78 is 44.2. The number of hydrazone groups is 1. The monoisotopic (exact) mass is 404 g/mol. The Balaban J connectivity index is 1.82. The highest BCUT2D eigenvalue weighted by Crippen LogP contribution is 2.32. The smallest absolute Gasteiger partial charge is 0.416 e. The Morgan fingerprint density at radius 2 is 1.83 bits per heavy atom. The number of esters is 1. The first-order valence-corrected chi connectivity index (χ1v) is 9.10. The van der Waals surface area contributed by atoms with Crippen molar-refractivity contribution in [1.29, 1.82) is 0 Å². The molecule has 8 heteroatoms. The SMILES string of the molecule is O=C(OCC(=O)N(/N=C/c1ccccc1)c1cccc(C(F)(F)F)c1)C1CCC1. The number of halogens is 3. The van der Waals surface area contributed by atoms with Crippen molar-refractivity contribution in [3.8, 4) is 0 Å². The highest BCUT2D eigenvalue weighted by atomic mass is 19.4. The van der Waals surface area contributed by atoms with E-state index in [9.17, 15) is 22.8 Å². The number of benzene rings is 2. The first kappa shape index (κ1) is 20.6. The molecule has 29 heavy (non-hydrogen) atoms. The van der Waals surface area contributed by atoms with Crippen LogP contribution in [0.5, 0.6) is 0 Å². The van der Waals surface area contributed by atoms with Gasteiger partial charge in [-0.05, 0) is 36.6 Å². The van der Waals surface area contributed by atoms with E-state index in [1.807, 2.05) is 0 Å². The van der Waals surface area contributed by atoms with Gasteiger partial charge in [0.25, 0.3) is 5.91 Å². The molecule has 1 saturated carbocycles. The molecule has 0 aliphatic heterocycles. The van der Waals surface area contributed by atoms with Crippen molar-refractivity contribution in [3.63, 3.8) is 0 Å². The largest absolute Gasteiger partial charge is 0.455 e. The highest BCUT2D eigenvalue weighted by Gasteiger charge is 2.32. The Morgan fingerprint density at radius 1 is 1.10 bits per heavy atom. The molecule has 152 valence electrons. The summed E-state index contributed by atoms with van der Waals surface area (Å²) in [6.07, 6.45) is -0.838. The Hall–Kier alpha value is -3.16. The second kappa shape index (κ2) is 8.89. The molecule has 0 saturated heterocycles. The number of nitrogens with zero attached hydrogens (tertiary/aromatic N) is 2. The number of hydrogen-bond donors (Lipinski definition) is 0. The van der Waals surface area contributed by atoms with Gasteiger partial charge in [0.15, 0.2) is 6.61 Å². The zero-order chi connectivity index (χ0) is 20.9. The van der Waals surface area contributed by atoms with E-state index < -0.39 is 30.2 Å². The van der Waals surface area contributed by atoms with Crippen LogP contribution in [0.25, 0.3) is 0 Å². The summed E-state index contributed by atoms with van der Waals surface area (Å²) in [7, 11) is 0. The summed E-state index contributed by atoms with van der Waals surface area (Å²) in [5.41, 5.74) is -0.324. The topological polar surface area (TPSA) is 59.0 Å². The first-order chi connectivity index (χ1) is 13.8. The van der Waals surface area contributed by atoms with Crippen LogP contribution in [0.3, 0.4) is 0 Å². The number of carbonyl (C=O) groups is 2. The first-order valence-electron chi connectivity index (χ1n) is 9.10. The molecule has 1 aliphatic carbocycles. The van der Waals surface area contributed by atoms with Gasteiger partial charge in [-0.25, -0.2) is 0 Å². The maximum absolute atomic E-state index is 13.1. The number of amides is 1. The molecule has 0 bridgehead atoms. The third kappa shape index (κ3) is 5.43. The van der Waals surface area contributed by atoms with Crippen LogP contribution in [0.4, 0.5) is 18.9 Å². The van der Waals surface area contributed by atoms with Crippen molar-refractivity contribution in [1.82, 2.24) is 0 Å². The van der Waals surface area contributed by atoms with Crippen LogP contribution in [0.15, 0.2) is 59.7 Å². The maximum Gasteiger partial charge on any atom is 0.416 e. The van der Waals surface area contributed by atoms with Gasteiger partial charge in [0.05, 0.1) is 23.4 Å². The van der Waals surface area contributed by atoms with Gasteiger partial charge < -0.3 is 4.74 Å². The van der Waals surface area contributed by atoms with Crippen molar-refractivity contribution < 1.29 is 27.5 Å². The lowest BCUT2D eigenvalue weighted by molar-refractivity contribution is -0.154. The average Bonchev–Trinajstić information content (AvgIpc) is 2.65. The lowest BCUT2D eigenvalue weighted by Gasteiger charge is -2.24. The highest BCUT2D eigenvalue weighted by molar-refractivity contribution is 5.96. The van der Waals surface area contributed by atoms with Gasteiger partial charge in [-0.1, -0.05) is 42.8 Å². The van der Waals surface area contributed by atoms with E-state index in [2.05, 4.69) is 5.10 Å². The van der Waals surface area contributed by atoms with E-state index in [1.165, 1.54) is 18.3 Å². The Morgan fingerprint density at radius 3 is 2.45 bits per heavy atom. The third-order valence-electron chi connectivity index (χ3n) is 4.55. The van der Waals surface area contributed by atoms with Crippen molar-refractivity contribution in [2.75, 3.05) is 11.6 Å². The number of rotatable bonds is 6. The number of hydrogen-bond acceptors (Lipinski definition) is 4. The quantitative estimate of drug-likeness (QED) is 0.407. The van der Waals surface area contributed by atoms with Gasteiger partial charge in [0, 0.05) is 0 Å². The molecular weight excluding hydrogens is 385 g/mol. The molecular formula is C21H19F3N2O3. The molecule has 0 heterocycles. The zero-order valence-electron chi connectivity index (χ0n) is 15.4. The molecule has 5 nitrogen and oxygen atoms in total. The molecule has 0 unspecified atom stereocenters. The molecule has 0 radical (unpaired) electrons. The van der Waals surface area contributed by atoms with E-state index in [0.29, 0.717) is 5.56 Å². The third-order valence-corrected chi connectivity index (χ3v) is 4.55. The number of carbonyl (C=O) groups excluding carboxylic acids is 2. The second-order valence-corrected chi connectivity index (χ2v) is 6.64. The van der Waals surface area contributed by atoms with E-state index in [0.717, 1.165) is 36.4 Å². The lowest BCUT2D eigenvalue weighted by Crippen LogP contribution is -2.33. The minimum absolute atomic E-state index is 0.0725. The standard InChI is InChI=1S/C21H19F3N2O3/c22-21(23,24)17-10-5-11-18(12-17)26(25-13-15-6-2-1-3-7-15)19(27)14-29-20(28)16-8-4-9-16/h1-3,5-7,10-13,16H,4,8-9,14H2/b25-13+. The van der Waals surface area contributed by atoms with Crippen molar-refractivity contribution in [2.45, 2.75) is 25.4 Å². The van der Waals surface area contributed by atoms with Crippen molar-refractivity contribution in [2.24, 2.45) is 11.0 Å². The summed E-state index contributed by atoms with van der Waals surface area (Å²) in [4.78, 5) is 24.5. The number of ether oxygens (including phenoxy) is 1. The molecule has 0 aromatic heterocycles. The molecule has 0 atom stereocenters. The van der Waals surface area contributed by atoms with Crippen LogP contribution in [0.1, 0.15) is 30.4 Å². The summed E-state index contributed by atoms with van der Waals surface area (Å²) in [5, 5.41) is 4.86. The van der Waals surface area contributed by atoms with E-state index in [4.69, 9.17) is 4.74 Å². The fourth-order valence-electron chi connectivity index (χ4n) is 2.71. The van der Waals surface area contributed by atoms with Gasteiger partial charge in [0.1, 0.15) is 0 Å². The van der Waals surface area contributed by atoms with Gasteiger partial charge >= 0.3 is 12.1 Å². The van der Waals surface area contributed by atoms with Gasteiger partial charge in [0.2, 0.25) is 0 Å². The second-order valence-electron chi connectivity index (χ2n) is 6.64. The lowest BCUT2D eigenvalue weighted by atomic mass is 9.86. The van der Waals surface area contributed by atoms with Crippen molar-refractivity contribution >= 4 is 23.8 Å². The summed E-state index contributed by atoms with van der Waals surface area (Å²) in [6.45, 7) is -0.599. The molecule has 3 rings (SSSR count). The van der Waals surface area contributed by atoms with Crippen LogP contribution in [0.2, 0.25) is 0 Å². The minimum Gasteiger partial charge on any atom is -0.455 e. The molecule has 0 spiro atoms. The zero-order valence-corrected chi connectivity index (χ0v) is 15.4. The molecule has 1 aliphatic rings. The van der Waals surface area contributed by atoms with Crippen LogP contribution >= 0.6 is 0 Å². The molecule has 1 amide bonds. The predicted octanol–water partition coefficient (Wildman–Crippen LogP) is 4.42. The van der Waals surface area contributed by atoms with Crippen LogP contribution in [-0.2, 0) is 20.5 Å². The molecule has 2 aromatic carbocycles. The summed E-state index contributed by atoms with van der Waals surface area (Å²) in [6, 6.07) is 13.0. The molecule has 1 fully saturated rings. The summed E-state index contributed by atoms with van der Waals surface area (Å²) >= 11 is 0. The average molecular weight is 404 g/mol. The Labute approximate surface area is 165 Å². The van der Waals surface area contributed by atoms with E-state index >= 15 is 0 Å².